The minimum atomic E-state index is -3.41. The lowest BCUT2D eigenvalue weighted by Crippen LogP contribution is -2.25. The van der Waals surface area contributed by atoms with Crippen LogP contribution in [0.1, 0.15) is 38.5 Å². The van der Waals surface area contributed by atoms with Crippen LogP contribution in [0.25, 0.3) is 0 Å². The second kappa shape index (κ2) is 7.91. The first-order valence-electron chi connectivity index (χ1n) is 7.78. The Hall–Kier alpha value is -0.920. The minimum Gasteiger partial charge on any atom is -0.320 e. The molecule has 21 heavy (non-hydrogen) atoms. The SMILES string of the molecule is CNCCCn1cc(S(=O)(=O)NCCC2CCCC2)cn1. The van der Waals surface area contributed by atoms with Crippen LogP contribution in [0.15, 0.2) is 17.3 Å². The Morgan fingerprint density at radius 2 is 2.10 bits per heavy atom. The van der Waals surface area contributed by atoms with Gasteiger partial charge in [0.25, 0.3) is 0 Å². The maximum atomic E-state index is 12.2. The van der Waals surface area contributed by atoms with Crippen molar-refractivity contribution in [1.82, 2.24) is 19.8 Å². The summed E-state index contributed by atoms with van der Waals surface area (Å²) in [5, 5.41) is 7.17. The molecule has 120 valence electrons. The first-order chi connectivity index (χ1) is 10.1. The summed E-state index contributed by atoms with van der Waals surface area (Å²) in [6.07, 6.45) is 9.96. The largest absolute Gasteiger partial charge is 0.320 e. The molecule has 1 aliphatic rings. The summed E-state index contributed by atoms with van der Waals surface area (Å²) in [4.78, 5) is 0.262. The van der Waals surface area contributed by atoms with Crippen molar-refractivity contribution in [3.05, 3.63) is 12.4 Å². The molecule has 0 atom stereocenters. The van der Waals surface area contributed by atoms with Gasteiger partial charge in [0.15, 0.2) is 0 Å². The zero-order valence-corrected chi connectivity index (χ0v) is 13.5. The molecule has 1 aliphatic carbocycles. The van der Waals surface area contributed by atoms with Crippen LogP contribution in [-0.2, 0) is 16.6 Å². The van der Waals surface area contributed by atoms with Crippen molar-refractivity contribution in [2.75, 3.05) is 20.1 Å². The van der Waals surface area contributed by atoms with Gasteiger partial charge in [0.2, 0.25) is 10.0 Å². The van der Waals surface area contributed by atoms with Crippen molar-refractivity contribution in [3.63, 3.8) is 0 Å². The zero-order chi connectivity index (χ0) is 15.1. The Morgan fingerprint density at radius 3 is 2.81 bits per heavy atom. The van der Waals surface area contributed by atoms with Gasteiger partial charge >= 0.3 is 0 Å². The summed E-state index contributed by atoms with van der Waals surface area (Å²) in [5.74, 6) is 0.692. The number of hydrogen-bond donors (Lipinski definition) is 2. The molecule has 0 aliphatic heterocycles. The minimum absolute atomic E-state index is 0.262. The smallest absolute Gasteiger partial charge is 0.243 e. The highest BCUT2D eigenvalue weighted by atomic mass is 32.2. The molecule has 7 heteroatoms. The lowest BCUT2D eigenvalue weighted by atomic mass is 10.1. The third kappa shape index (κ3) is 5.09. The van der Waals surface area contributed by atoms with Crippen molar-refractivity contribution in [2.24, 2.45) is 5.92 Å². The summed E-state index contributed by atoms with van der Waals surface area (Å²) in [6.45, 7) is 2.14. The Morgan fingerprint density at radius 1 is 1.33 bits per heavy atom. The number of hydrogen-bond acceptors (Lipinski definition) is 4. The van der Waals surface area contributed by atoms with Crippen molar-refractivity contribution in [3.8, 4) is 0 Å². The molecule has 0 aromatic carbocycles. The Balaban J connectivity index is 1.80. The molecule has 1 aromatic rings. The van der Waals surface area contributed by atoms with E-state index in [-0.39, 0.29) is 4.90 Å². The second-order valence-electron chi connectivity index (χ2n) is 5.73. The molecular weight excluding hydrogens is 288 g/mol. The Kier molecular flexibility index (Phi) is 6.20. The second-order valence-corrected chi connectivity index (χ2v) is 7.50. The molecular formula is C14H26N4O2S. The molecule has 1 fully saturated rings. The summed E-state index contributed by atoms with van der Waals surface area (Å²) in [6, 6.07) is 0. The van der Waals surface area contributed by atoms with E-state index in [2.05, 4.69) is 15.1 Å². The number of sulfonamides is 1. The van der Waals surface area contributed by atoms with Gasteiger partial charge in [-0.2, -0.15) is 5.10 Å². The van der Waals surface area contributed by atoms with E-state index in [9.17, 15) is 8.42 Å². The number of rotatable bonds is 9. The van der Waals surface area contributed by atoms with Gasteiger partial charge in [-0.15, -0.1) is 0 Å². The fourth-order valence-electron chi connectivity index (χ4n) is 2.80. The summed E-state index contributed by atoms with van der Waals surface area (Å²) >= 11 is 0. The van der Waals surface area contributed by atoms with E-state index in [4.69, 9.17) is 0 Å². The van der Waals surface area contributed by atoms with Crippen LogP contribution in [0.5, 0.6) is 0 Å². The van der Waals surface area contributed by atoms with Crippen molar-refractivity contribution < 1.29 is 8.42 Å². The highest BCUT2D eigenvalue weighted by Gasteiger charge is 2.18. The highest BCUT2D eigenvalue weighted by molar-refractivity contribution is 7.89. The number of nitrogens with one attached hydrogen (secondary N) is 2. The molecule has 0 radical (unpaired) electrons. The van der Waals surface area contributed by atoms with Gasteiger partial charge < -0.3 is 5.32 Å². The topological polar surface area (TPSA) is 76.0 Å². The molecule has 0 unspecified atom stereocenters. The van der Waals surface area contributed by atoms with Crippen molar-refractivity contribution in [2.45, 2.75) is 50.0 Å². The molecule has 0 spiro atoms. The van der Waals surface area contributed by atoms with E-state index < -0.39 is 10.0 Å². The van der Waals surface area contributed by atoms with Gasteiger partial charge in [-0.1, -0.05) is 25.7 Å². The molecule has 1 aromatic heterocycles. The van der Waals surface area contributed by atoms with Gasteiger partial charge in [-0.3, -0.25) is 4.68 Å². The van der Waals surface area contributed by atoms with Gasteiger partial charge in [-0.05, 0) is 32.4 Å². The zero-order valence-electron chi connectivity index (χ0n) is 12.7. The van der Waals surface area contributed by atoms with E-state index in [1.165, 1.54) is 31.9 Å². The fraction of sp³-hybridized carbons (Fsp3) is 0.786. The molecule has 0 bridgehead atoms. The van der Waals surface area contributed by atoms with Crippen LogP contribution >= 0.6 is 0 Å². The molecule has 0 saturated heterocycles. The van der Waals surface area contributed by atoms with Crippen molar-refractivity contribution in [1.29, 1.82) is 0 Å². The van der Waals surface area contributed by atoms with Crippen LogP contribution in [-0.4, -0.2) is 38.3 Å². The van der Waals surface area contributed by atoms with Gasteiger partial charge in [0.05, 0.1) is 6.20 Å². The third-order valence-electron chi connectivity index (χ3n) is 4.05. The van der Waals surface area contributed by atoms with Crippen LogP contribution in [0.4, 0.5) is 0 Å². The predicted molar refractivity (Wildman–Crippen MR) is 82.5 cm³/mol. The lowest BCUT2D eigenvalue weighted by Gasteiger charge is -2.09. The van der Waals surface area contributed by atoms with Gasteiger partial charge in [0.1, 0.15) is 4.90 Å². The number of nitrogens with zero attached hydrogens (tertiary/aromatic N) is 2. The number of aromatic nitrogens is 2. The standard InChI is InChI=1S/C14H26N4O2S/c1-15-8-4-10-18-12-14(11-16-18)21(19,20)17-9-7-13-5-2-3-6-13/h11-13,15,17H,2-10H2,1H3. The van der Waals surface area contributed by atoms with E-state index in [0.29, 0.717) is 12.5 Å². The van der Waals surface area contributed by atoms with Crippen LogP contribution in [0.2, 0.25) is 0 Å². The van der Waals surface area contributed by atoms with Crippen molar-refractivity contribution >= 4 is 10.0 Å². The van der Waals surface area contributed by atoms with Gasteiger partial charge in [-0.25, -0.2) is 13.1 Å². The van der Waals surface area contributed by atoms with E-state index in [0.717, 1.165) is 25.9 Å². The van der Waals surface area contributed by atoms with Crippen LogP contribution in [0, 0.1) is 5.92 Å². The fourth-order valence-corrected chi connectivity index (χ4v) is 3.80. The molecule has 2 rings (SSSR count). The van der Waals surface area contributed by atoms with E-state index >= 15 is 0 Å². The third-order valence-corrected chi connectivity index (χ3v) is 5.47. The molecule has 0 amide bonds. The average Bonchev–Trinajstić information content (AvgIpc) is 3.10. The molecule has 1 saturated carbocycles. The monoisotopic (exact) mass is 314 g/mol. The maximum absolute atomic E-state index is 12.2. The molecule has 1 heterocycles. The normalized spacial score (nSPS) is 16.6. The molecule has 6 nitrogen and oxygen atoms in total. The summed E-state index contributed by atoms with van der Waals surface area (Å²) in [7, 11) is -1.51. The van der Waals surface area contributed by atoms with Crippen LogP contribution < -0.4 is 10.0 Å². The number of aryl methyl sites for hydroxylation is 1. The first kappa shape index (κ1) is 16.5. The van der Waals surface area contributed by atoms with E-state index in [1.807, 2.05) is 7.05 Å². The Bertz CT molecular complexity index is 521. The quantitative estimate of drug-likeness (QED) is 0.675. The molecule has 2 N–H and O–H groups in total. The predicted octanol–water partition coefficient (Wildman–Crippen LogP) is 1.35. The maximum Gasteiger partial charge on any atom is 0.243 e. The van der Waals surface area contributed by atoms with Gasteiger partial charge in [0, 0.05) is 19.3 Å². The average molecular weight is 314 g/mol. The Labute approximate surface area is 127 Å². The lowest BCUT2D eigenvalue weighted by molar-refractivity contribution is 0.495. The first-order valence-corrected chi connectivity index (χ1v) is 9.27. The highest BCUT2D eigenvalue weighted by Crippen LogP contribution is 2.27. The van der Waals surface area contributed by atoms with E-state index in [1.54, 1.807) is 10.9 Å². The summed E-state index contributed by atoms with van der Waals surface area (Å²) in [5.41, 5.74) is 0. The summed E-state index contributed by atoms with van der Waals surface area (Å²) < 4.78 is 28.7. The van der Waals surface area contributed by atoms with Crippen LogP contribution in [0.3, 0.4) is 0 Å².